The summed E-state index contributed by atoms with van der Waals surface area (Å²) in [5.41, 5.74) is -2.30. The summed E-state index contributed by atoms with van der Waals surface area (Å²) in [5.74, 6) is -0.158. The summed E-state index contributed by atoms with van der Waals surface area (Å²) >= 11 is 4.81. The summed E-state index contributed by atoms with van der Waals surface area (Å²) in [4.78, 5) is 2.75. The molecule has 0 heterocycles. The van der Waals surface area contributed by atoms with Gasteiger partial charge in [0.05, 0.1) is 18.4 Å². The Morgan fingerprint density at radius 3 is 2.16 bits per heavy atom. The van der Waals surface area contributed by atoms with Crippen molar-refractivity contribution in [2.45, 2.75) is 12.4 Å². The van der Waals surface area contributed by atoms with Gasteiger partial charge in [0.2, 0.25) is 5.17 Å². The first-order valence-corrected chi connectivity index (χ1v) is 5.00. The fourth-order valence-corrected chi connectivity index (χ4v) is 1.23. The minimum atomic E-state index is -5.01. The number of benzene rings is 1. The molecule has 0 fully saturated rings. The smallest absolute Gasteiger partial charge is 0.444 e. The number of hydrogen-bond acceptors (Lipinski definition) is 2. The lowest BCUT2D eigenvalue weighted by atomic mass is 10.1. The van der Waals surface area contributed by atoms with Gasteiger partial charge >= 0.3 is 12.4 Å². The highest BCUT2D eigenvalue weighted by molar-refractivity contribution is 6.67. The molecular formula is C10H6ClF6NO. The predicted octanol–water partition coefficient (Wildman–Crippen LogP) is 4.55. The van der Waals surface area contributed by atoms with Gasteiger partial charge in [0.1, 0.15) is 5.75 Å². The van der Waals surface area contributed by atoms with Crippen molar-refractivity contribution in [1.82, 2.24) is 0 Å². The average Bonchev–Trinajstić information content (AvgIpc) is 2.26. The topological polar surface area (TPSA) is 21.6 Å². The fourth-order valence-electron chi connectivity index (χ4n) is 1.14. The molecule has 106 valence electrons. The van der Waals surface area contributed by atoms with Crippen LogP contribution in [0.25, 0.3) is 0 Å². The van der Waals surface area contributed by atoms with Crippen molar-refractivity contribution in [1.29, 1.82) is 0 Å². The number of alkyl halides is 6. The van der Waals surface area contributed by atoms with Gasteiger partial charge in [-0.2, -0.15) is 26.3 Å². The normalized spacial score (nSPS) is 13.6. The van der Waals surface area contributed by atoms with Crippen LogP contribution in [0, 0.1) is 0 Å². The number of halogens is 7. The second kappa shape index (κ2) is 5.28. The molecule has 0 atom stereocenters. The largest absolute Gasteiger partial charge is 0.497 e. The van der Waals surface area contributed by atoms with Crippen LogP contribution < -0.4 is 4.74 Å². The monoisotopic (exact) mass is 305 g/mol. The van der Waals surface area contributed by atoms with Crippen LogP contribution in [-0.4, -0.2) is 18.5 Å². The molecule has 0 aliphatic rings. The fraction of sp³-hybridized carbons (Fsp3) is 0.300. The molecule has 2 nitrogen and oxygen atoms in total. The molecule has 0 radical (unpaired) electrons. The number of aliphatic imine (C=N–C) groups is 1. The number of nitrogens with zero attached hydrogens (tertiary/aromatic N) is 1. The van der Waals surface area contributed by atoms with E-state index in [9.17, 15) is 26.3 Å². The lowest BCUT2D eigenvalue weighted by molar-refractivity contribution is -0.137. The molecule has 19 heavy (non-hydrogen) atoms. The number of ether oxygens (including phenoxy) is 1. The maximum absolute atomic E-state index is 12.7. The summed E-state index contributed by atoms with van der Waals surface area (Å²) in [6.45, 7) is 0. The summed E-state index contributed by atoms with van der Waals surface area (Å²) in [5, 5.41) is -1.89. The van der Waals surface area contributed by atoms with E-state index in [0.717, 1.165) is 19.2 Å². The SMILES string of the molecule is COc1ccc(N=C(Cl)C(F)(F)F)c(C(F)(F)F)c1. The first kappa shape index (κ1) is 15.6. The van der Waals surface area contributed by atoms with Gasteiger partial charge in [0.15, 0.2) is 0 Å². The van der Waals surface area contributed by atoms with E-state index >= 15 is 0 Å². The Morgan fingerprint density at radius 1 is 1.16 bits per heavy atom. The molecule has 0 N–H and O–H groups in total. The highest BCUT2D eigenvalue weighted by atomic mass is 35.5. The third-order valence-electron chi connectivity index (χ3n) is 1.96. The minimum Gasteiger partial charge on any atom is -0.497 e. The van der Waals surface area contributed by atoms with Crippen LogP contribution in [0.1, 0.15) is 5.56 Å². The Morgan fingerprint density at radius 2 is 1.74 bits per heavy atom. The molecule has 0 aromatic heterocycles. The van der Waals surface area contributed by atoms with E-state index in [0.29, 0.717) is 6.07 Å². The molecule has 1 aromatic carbocycles. The molecule has 1 aromatic rings. The Bertz CT molecular complexity index is 494. The molecule has 0 unspecified atom stereocenters. The second-order valence-corrected chi connectivity index (χ2v) is 3.64. The predicted molar refractivity (Wildman–Crippen MR) is 57.0 cm³/mol. The Hall–Kier alpha value is -1.44. The number of rotatable bonds is 2. The molecule has 1 rings (SSSR count). The lowest BCUT2D eigenvalue weighted by Crippen LogP contribution is -2.17. The quantitative estimate of drug-likeness (QED) is 0.580. The van der Waals surface area contributed by atoms with Crippen LogP contribution in [-0.2, 0) is 6.18 Å². The molecular weight excluding hydrogens is 300 g/mol. The summed E-state index contributed by atoms with van der Waals surface area (Å²) < 4.78 is 79.0. The summed E-state index contributed by atoms with van der Waals surface area (Å²) in [7, 11) is 1.13. The third-order valence-corrected chi connectivity index (χ3v) is 2.26. The highest BCUT2D eigenvalue weighted by Crippen LogP contribution is 2.39. The van der Waals surface area contributed by atoms with Gasteiger partial charge in [-0.3, -0.25) is 0 Å². The standard InChI is InChI=1S/C10H6ClF6NO/c1-19-5-2-3-7(6(4-5)9(12,13)14)18-8(11)10(15,16)17/h2-4H,1H3. The Kier molecular flexibility index (Phi) is 4.34. The van der Waals surface area contributed by atoms with Gasteiger partial charge in [0.25, 0.3) is 0 Å². The maximum Gasteiger partial charge on any atom is 0.444 e. The van der Waals surface area contributed by atoms with Crippen LogP contribution in [0.5, 0.6) is 5.75 Å². The van der Waals surface area contributed by atoms with E-state index in [1.54, 1.807) is 0 Å². The van der Waals surface area contributed by atoms with E-state index in [1.165, 1.54) is 0 Å². The van der Waals surface area contributed by atoms with Crippen molar-refractivity contribution in [3.63, 3.8) is 0 Å². The molecule has 0 saturated heterocycles. The van der Waals surface area contributed by atoms with Crippen molar-refractivity contribution in [3.8, 4) is 5.75 Å². The molecule has 0 spiro atoms. The summed E-state index contributed by atoms with van der Waals surface area (Å²) in [6.07, 6.45) is -9.89. The Labute approximate surface area is 108 Å². The average molecular weight is 306 g/mol. The first-order chi connectivity index (χ1) is 8.55. The lowest BCUT2D eigenvalue weighted by Gasteiger charge is -2.12. The van der Waals surface area contributed by atoms with Crippen molar-refractivity contribution >= 4 is 22.5 Å². The van der Waals surface area contributed by atoms with Crippen LogP contribution in [0.3, 0.4) is 0 Å². The van der Waals surface area contributed by atoms with Crippen LogP contribution >= 0.6 is 11.6 Å². The van der Waals surface area contributed by atoms with Gasteiger partial charge in [-0.15, -0.1) is 0 Å². The van der Waals surface area contributed by atoms with Crippen LogP contribution in [0.4, 0.5) is 32.0 Å². The van der Waals surface area contributed by atoms with Crippen LogP contribution in [0.15, 0.2) is 23.2 Å². The van der Waals surface area contributed by atoms with Gasteiger partial charge in [-0.1, -0.05) is 11.6 Å². The zero-order valence-electron chi connectivity index (χ0n) is 9.23. The zero-order valence-corrected chi connectivity index (χ0v) is 9.99. The molecule has 0 saturated carbocycles. The highest BCUT2D eigenvalue weighted by Gasteiger charge is 2.37. The van der Waals surface area contributed by atoms with E-state index in [-0.39, 0.29) is 5.75 Å². The third kappa shape index (κ3) is 4.02. The van der Waals surface area contributed by atoms with Gasteiger partial charge in [-0.05, 0) is 18.2 Å². The summed E-state index contributed by atoms with van der Waals surface area (Å²) in [6, 6.07) is 2.34. The van der Waals surface area contributed by atoms with E-state index in [4.69, 9.17) is 11.6 Å². The van der Waals surface area contributed by atoms with Gasteiger partial charge in [-0.25, -0.2) is 4.99 Å². The minimum absolute atomic E-state index is 0.158. The van der Waals surface area contributed by atoms with Crippen molar-refractivity contribution in [2.24, 2.45) is 4.99 Å². The Balaban J connectivity index is 3.36. The van der Waals surface area contributed by atoms with Crippen molar-refractivity contribution in [3.05, 3.63) is 23.8 Å². The molecule has 0 aliphatic carbocycles. The second-order valence-electron chi connectivity index (χ2n) is 3.28. The van der Waals surface area contributed by atoms with Gasteiger partial charge < -0.3 is 4.74 Å². The molecule has 9 heteroatoms. The van der Waals surface area contributed by atoms with Gasteiger partial charge in [0, 0.05) is 0 Å². The number of methoxy groups -OCH3 is 1. The molecule has 0 amide bonds. The van der Waals surface area contributed by atoms with Crippen molar-refractivity contribution in [2.75, 3.05) is 7.11 Å². The van der Waals surface area contributed by atoms with Crippen LogP contribution in [0.2, 0.25) is 0 Å². The first-order valence-electron chi connectivity index (χ1n) is 4.62. The maximum atomic E-state index is 12.7. The van der Waals surface area contributed by atoms with E-state index in [1.807, 2.05) is 0 Å². The molecule has 0 bridgehead atoms. The van der Waals surface area contributed by atoms with E-state index < -0.39 is 28.8 Å². The molecule has 0 aliphatic heterocycles. The van der Waals surface area contributed by atoms with Crippen molar-refractivity contribution < 1.29 is 31.1 Å². The van der Waals surface area contributed by atoms with E-state index in [2.05, 4.69) is 9.73 Å². The zero-order chi connectivity index (χ0) is 14.8. The number of hydrogen-bond donors (Lipinski definition) is 0.